The van der Waals surface area contributed by atoms with Crippen LogP contribution in [-0.2, 0) is 4.74 Å². The molecular weight excluding hydrogens is 332 g/mol. The molecule has 0 aliphatic heterocycles. The maximum atomic E-state index is 12.3. The Morgan fingerprint density at radius 3 is 2.74 bits per heavy atom. The molecule has 0 bridgehead atoms. The van der Waals surface area contributed by atoms with Crippen LogP contribution in [0.1, 0.15) is 44.5 Å². The van der Waals surface area contributed by atoms with E-state index < -0.39 is 12.1 Å². The molecule has 23 heavy (non-hydrogen) atoms. The van der Waals surface area contributed by atoms with E-state index in [1.807, 2.05) is 32.2 Å². The van der Waals surface area contributed by atoms with Gasteiger partial charge in [0.1, 0.15) is 9.71 Å². The first-order valence-electron chi connectivity index (χ1n) is 7.13. The van der Waals surface area contributed by atoms with Crippen LogP contribution in [0.3, 0.4) is 0 Å². The third-order valence-electron chi connectivity index (χ3n) is 3.77. The summed E-state index contributed by atoms with van der Waals surface area (Å²) < 4.78 is 5.45. The monoisotopic (exact) mass is 348 g/mol. The summed E-state index contributed by atoms with van der Waals surface area (Å²) in [5.74, 6) is -0.0300. The molecule has 0 saturated heterocycles. The van der Waals surface area contributed by atoms with E-state index in [4.69, 9.17) is 4.74 Å². The van der Waals surface area contributed by atoms with Crippen LogP contribution in [0.2, 0.25) is 0 Å². The van der Waals surface area contributed by atoms with Crippen molar-refractivity contribution < 1.29 is 9.53 Å². The fraction of sp³-hybridized carbons (Fsp3) is 0.312. The van der Waals surface area contributed by atoms with Crippen LogP contribution in [0.5, 0.6) is 0 Å². The maximum absolute atomic E-state index is 12.3. The Hall–Kier alpha value is -1.99. The van der Waals surface area contributed by atoms with E-state index in [2.05, 4.69) is 9.97 Å². The maximum Gasteiger partial charge on any atom is 0.349 e. The SMILES string of the molecule is Cc1ccsc1C(=O)O[C@@H](C)c1nc2sc(C)c(C)c2c(=O)[nH]1. The lowest BCUT2D eigenvalue weighted by Gasteiger charge is -2.12. The van der Waals surface area contributed by atoms with Crippen LogP contribution >= 0.6 is 22.7 Å². The third-order valence-corrected chi connectivity index (χ3v) is 5.87. The molecule has 0 spiro atoms. The number of hydrogen-bond donors (Lipinski definition) is 1. The summed E-state index contributed by atoms with van der Waals surface area (Å²) in [4.78, 5) is 34.0. The number of ether oxygens (including phenoxy) is 1. The Balaban J connectivity index is 1.92. The topological polar surface area (TPSA) is 72.0 Å². The number of aromatic nitrogens is 2. The van der Waals surface area contributed by atoms with E-state index in [0.717, 1.165) is 16.0 Å². The molecule has 0 aliphatic carbocycles. The van der Waals surface area contributed by atoms with E-state index in [9.17, 15) is 9.59 Å². The highest BCUT2D eigenvalue weighted by atomic mass is 32.1. The number of H-pyrrole nitrogens is 1. The van der Waals surface area contributed by atoms with Gasteiger partial charge in [0.15, 0.2) is 11.9 Å². The summed E-state index contributed by atoms with van der Waals surface area (Å²) in [6.07, 6.45) is -0.621. The summed E-state index contributed by atoms with van der Waals surface area (Å²) in [7, 11) is 0. The highest BCUT2D eigenvalue weighted by Gasteiger charge is 2.20. The van der Waals surface area contributed by atoms with Gasteiger partial charge in [0, 0.05) is 4.88 Å². The highest BCUT2D eigenvalue weighted by Crippen LogP contribution is 2.27. The Kier molecular flexibility index (Phi) is 4.08. The first-order valence-corrected chi connectivity index (χ1v) is 8.83. The van der Waals surface area contributed by atoms with E-state index in [0.29, 0.717) is 20.9 Å². The summed E-state index contributed by atoms with van der Waals surface area (Å²) in [5, 5.41) is 2.46. The number of rotatable bonds is 3. The second kappa shape index (κ2) is 5.90. The van der Waals surface area contributed by atoms with Gasteiger partial charge in [-0.25, -0.2) is 9.78 Å². The number of nitrogens with one attached hydrogen (secondary N) is 1. The van der Waals surface area contributed by atoms with Crippen molar-refractivity contribution in [2.45, 2.75) is 33.8 Å². The number of aromatic amines is 1. The molecule has 0 saturated carbocycles. The largest absolute Gasteiger partial charge is 0.450 e. The van der Waals surface area contributed by atoms with Gasteiger partial charge >= 0.3 is 5.97 Å². The minimum absolute atomic E-state index is 0.193. The van der Waals surface area contributed by atoms with Crippen molar-refractivity contribution in [1.29, 1.82) is 0 Å². The third kappa shape index (κ3) is 2.82. The second-order valence-corrected chi connectivity index (χ2v) is 7.51. The number of carbonyl (C=O) groups is 1. The average molecular weight is 348 g/mol. The van der Waals surface area contributed by atoms with Crippen LogP contribution in [0.25, 0.3) is 10.2 Å². The van der Waals surface area contributed by atoms with Gasteiger partial charge in [-0.1, -0.05) is 0 Å². The molecule has 3 rings (SSSR count). The van der Waals surface area contributed by atoms with Crippen molar-refractivity contribution in [3.8, 4) is 0 Å². The molecule has 1 atom stereocenters. The Morgan fingerprint density at radius 2 is 2.09 bits per heavy atom. The predicted molar refractivity (Wildman–Crippen MR) is 92.6 cm³/mol. The zero-order valence-electron chi connectivity index (χ0n) is 13.2. The van der Waals surface area contributed by atoms with Crippen molar-refractivity contribution in [2.75, 3.05) is 0 Å². The van der Waals surface area contributed by atoms with Crippen molar-refractivity contribution in [1.82, 2.24) is 9.97 Å². The van der Waals surface area contributed by atoms with Gasteiger partial charge in [0.05, 0.1) is 5.39 Å². The second-order valence-electron chi connectivity index (χ2n) is 5.39. The summed E-state index contributed by atoms with van der Waals surface area (Å²) in [6, 6.07) is 1.87. The lowest BCUT2D eigenvalue weighted by molar-refractivity contribution is 0.0325. The van der Waals surface area contributed by atoms with Gasteiger partial charge in [0.25, 0.3) is 5.56 Å². The molecule has 1 N–H and O–H groups in total. The number of aryl methyl sites for hydroxylation is 3. The van der Waals surface area contributed by atoms with Crippen molar-refractivity contribution in [3.63, 3.8) is 0 Å². The van der Waals surface area contributed by atoms with Crippen LogP contribution < -0.4 is 5.56 Å². The molecule has 3 aromatic heterocycles. The zero-order chi connectivity index (χ0) is 16.7. The van der Waals surface area contributed by atoms with Gasteiger partial charge in [-0.05, 0) is 50.3 Å². The molecule has 0 fully saturated rings. The number of hydrogen-bond acceptors (Lipinski definition) is 6. The van der Waals surface area contributed by atoms with Crippen molar-refractivity contribution in [3.05, 3.63) is 48.5 Å². The molecule has 120 valence electrons. The molecular formula is C16H16N2O3S2. The van der Waals surface area contributed by atoms with Crippen molar-refractivity contribution >= 4 is 38.9 Å². The lowest BCUT2D eigenvalue weighted by Crippen LogP contribution is -2.17. The van der Waals surface area contributed by atoms with Gasteiger partial charge in [-0.3, -0.25) is 4.79 Å². The highest BCUT2D eigenvalue weighted by molar-refractivity contribution is 7.18. The van der Waals surface area contributed by atoms with E-state index in [-0.39, 0.29) is 5.56 Å². The van der Waals surface area contributed by atoms with E-state index >= 15 is 0 Å². The molecule has 3 heterocycles. The minimum Gasteiger partial charge on any atom is -0.450 e. The number of carbonyl (C=O) groups excluding carboxylic acids is 1. The first kappa shape index (κ1) is 15.9. The number of esters is 1. The number of thiophene rings is 2. The standard InChI is InChI=1S/C16H16N2O3S2/c1-7-5-6-22-12(7)16(20)21-9(3)13-17-14(19)11-8(2)10(4)23-15(11)18-13/h5-6,9H,1-4H3,(H,17,18,19)/t9-/m0/s1. The molecule has 3 aromatic rings. The van der Waals surface area contributed by atoms with E-state index in [1.54, 1.807) is 6.92 Å². The van der Waals surface area contributed by atoms with Gasteiger partial charge in [-0.15, -0.1) is 22.7 Å². The lowest BCUT2D eigenvalue weighted by atomic mass is 10.2. The van der Waals surface area contributed by atoms with Gasteiger partial charge in [-0.2, -0.15) is 0 Å². The fourth-order valence-corrected chi connectivity index (χ4v) is 4.16. The number of fused-ring (bicyclic) bond motifs is 1. The van der Waals surface area contributed by atoms with Gasteiger partial charge in [0.2, 0.25) is 0 Å². The molecule has 7 heteroatoms. The molecule has 0 unspecified atom stereocenters. The Bertz CT molecular complexity index is 952. The number of nitrogens with zero attached hydrogens (tertiary/aromatic N) is 1. The fourth-order valence-electron chi connectivity index (χ4n) is 2.32. The van der Waals surface area contributed by atoms with Crippen LogP contribution in [0.4, 0.5) is 0 Å². The molecule has 5 nitrogen and oxygen atoms in total. The predicted octanol–water partition coefficient (Wildman–Crippen LogP) is 3.89. The Morgan fingerprint density at radius 1 is 1.35 bits per heavy atom. The zero-order valence-corrected chi connectivity index (χ0v) is 14.9. The molecule has 0 aromatic carbocycles. The smallest absolute Gasteiger partial charge is 0.349 e. The molecule has 0 aliphatic rings. The Labute approximate surface area is 141 Å². The summed E-state index contributed by atoms with van der Waals surface area (Å²) in [5.41, 5.74) is 1.64. The molecule has 0 amide bonds. The van der Waals surface area contributed by atoms with Crippen LogP contribution in [0, 0.1) is 20.8 Å². The van der Waals surface area contributed by atoms with Crippen LogP contribution in [-0.4, -0.2) is 15.9 Å². The van der Waals surface area contributed by atoms with Crippen molar-refractivity contribution in [2.24, 2.45) is 0 Å². The summed E-state index contributed by atoms with van der Waals surface area (Å²) >= 11 is 2.82. The van der Waals surface area contributed by atoms with Gasteiger partial charge < -0.3 is 9.72 Å². The average Bonchev–Trinajstić information content (AvgIpc) is 3.03. The van der Waals surface area contributed by atoms with E-state index in [1.165, 1.54) is 22.7 Å². The quantitative estimate of drug-likeness (QED) is 0.729. The first-order chi connectivity index (χ1) is 10.9. The molecule has 0 radical (unpaired) electrons. The van der Waals surface area contributed by atoms with Crippen LogP contribution in [0.15, 0.2) is 16.2 Å². The normalized spacial score (nSPS) is 12.5. The summed E-state index contributed by atoms with van der Waals surface area (Å²) in [6.45, 7) is 7.44. The minimum atomic E-state index is -0.621.